The second-order valence-electron chi connectivity index (χ2n) is 4.02. The lowest BCUT2D eigenvalue weighted by Gasteiger charge is -2.17. The van der Waals surface area contributed by atoms with Gasteiger partial charge < -0.3 is 4.90 Å². The van der Waals surface area contributed by atoms with Gasteiger partial charge in [-0.2, -0.15) is 4.98 Å². The molecular weight excluding hydrogens is 254 g/mol. The number of hydrogen-bond acceptors (Lipinski definition) is 4. The standard InChI is InChI=1S/C12H16ClN3S/c1-4-6-16(3)10-9-7-8(5-2)17-11(9)15-12(13)14-10/h7H,4-6H2,1-3H3. The molecular formula is C12H16ClN3S. The van der Waals surface area contributed by atoms with E-state index < -0.39 is 0 Å². The first-order valence-corrected chi connectivity index (χ1v) is 7.02. The Bertz CT molecular complexity index is 524. The molecule has 0 aliphatic rings. The zero-order valence-corrected chi connectivity index (χ0v) is 11.9. The molecule has 0 amide bonds. The minimum atomic E-state index is 0.333. The first-order chi connectivity index (χ1) is 8.15. The second-order valence-corrected chi connectivity index (χ2v) is 5.48. The van der Waals surface area contributed by atoms with Gasteiger partial charge >= 0.3 is 0 Å². The molecule has 3 nitrogen and oxygen atoms in total. The Labute approximate surface area is 110 Å². The SMILES string of the molecule is CCCN(C)c1nc(Cl)nc2sc(CC)cc12. The summed E-state index contributed by atoms with van der Waals surface area (Å²) < 4.78 is 0. The van der Waals surface area contributed by atoms with E-state index in [1.807, 2.05) is 7.05 Å². The zero-order chi connectivity index (χ0) is 12.4. The van der Waals surface area contributed by atoms with Crippen LogP contribution in [-0.2, 0) is 6.42 Å². The van der Waals surface area contributed by atoms with E-state index in [1.165, 1.54) is 4.88 Å². The van der Waals surface area contributed by atoms with E-state index in [1.54, 1.807) is 11.3 Å². The average molecular weight is 270 g/mol. The van der Waals surface area contributed by atoms with Crippen molar-refractivity contribution in [3.8, 4) is 0 Å². The highest BCUT2D eigenvalue weighted by molar-refractivity contribution is 7.18. The molecule has 0 unspecified atom stereocenters. The molecule has 0 N–H and O–H groups in total. The van der Waals surface area contributed by atoms with Gasteiger partial charge in [-0.3, -0.25) is 0 Å². The highest BCUT2D eigenvalue weighted by Gasteiger charge is 2.13. The molecule has 17 heavy (non-hydrogen) atoms. The van der Waals surface area contributed by atoms with Gasteiger partial charge in [-0.05, 0) is 30.5 Å². The van der Waals surface area contributed by atoms with E-state index in [-0.39, 0.29) is 0 Å². The first-order valence-electron chi connectivity index (χ1n) is 5.82. The van der Waals surface area contributed by atoms with Crippen LogP contribution in [0.25, 0.3) is 10.2 Å². The fourth-order valence-electron chi connectivity index (χ4n) is 1.84. The van der Waals surface area contributed by atoms with Crippen molar-refractivity contribution in [3.05, 3.63) is 16.2 Å². The predicted molar refractivity (Wildman–Crippen MR) is 75.4 cm³/mol. The summed E-state index contributed by atoms with van der Waals surface area (Å²) in [5.41, 5.74) is 0. The Morgan fingerprint density at radius 1 is 1.35 bits per heavy atom. The second kappa shape index (κ2) is 5.19. The number of rotatable bonds is 4. The van der Waals surface area contributed by atoms with Crippen LogP contribution in [0.2, 0.25) is 5.28 Å². The smallest absolute Gasteiger partial charge is 0.225 e. The highest BCUT2D eigenvalue weighted by Crippen LogP contribution is 2.31. The Morgan fingerprint density at radius 3 is 2.76 bits per heavy atom. The van der Waals surface area contributed by atoms with Crippen LogP contribution < -0.4 is 4.90 Å². The molecule has 2 heterocycles. The normalized spacial score (nSPS) is 11.1. The van der Waals surface area contributed by atoms with Crippen LogP contribution in [-0.4, -0.2) is 23.6 Å². The van der Waals surface area contributed by atoms with Crippen LogP contribution in [0, 0.1) is 0 Å². The van der Waals surface area contributed by atoms with Crippen molar-refractivity contribution >= 4 is 39.0 Å². The largest absolute Gasteiger partial charge is 0.359 e. The molecule has 2 rings (SSSR count). The lowest BCUT2D eigenvalue weighted by atomic mass is 10.3. The molecule has 5 heteroatoms. The minimum Gasteiger partial charge on any atom is -0.359 e. The molecule has 2 aromatic rings. The Hall–Kier alpha value is -0.870. The fourth-order valence-corrected chi connectivity index (χ4v) is 3.01. The molecule has 0 saturated carbocycles. The number of hydrogen-bond donors (Lipinski definition) is 0. The maximum Gasteiger partial charge on any atom is 0.225 e. The van der Waals surface area contributed by atoms with Crippen LogP contribution in [0.15, 0.2) is 6.07 Å². The van der Waals surface area contributed by atoms with Crippen LogP contribution >= 0.6 is 22.9 Å². The maximum atomic E-state index is 5.98. The Morgan fingerprint density at radius 2 is 2.12 bits per heavy atom. The van der Waals surface area contributed by atoms with E-state index in [4.69, 9.17) is 11.6 Å². The number of thiophene rings is 1. The number of aryl methyl sites for hydroxylation is 1. The van der Waals surface area contributed by atoms with Gasteiger partial charge in [0.1, 0.15) is 10.6 Å². The first kappa shape index (κ1) is 12.6. The van der Waals surface area contributed by atoms with Crippen molar-refractivity contribution in [1.82, 2.24) is 9.97 Å². The molecule has 0 saturated heterocycles. The molecule has 0 aliphatic heterocycles. The molecule has 0 aromatic carbocycles. The summed E-state index contributed by atoms with van der Waals surface area (Å²) in [7, 11) is 2.05. The van der Waals surface area contributed by atoms with Crippen LogP contribution in [0.1, 0.15) is 25.1 Å². The number of anilines is 1. The molecule has 0 radical (unpaired) electrons. The van der Waals surface area contributed by atoms with E-state index in [2.05, 4.69) is 34.8 Å². The van der Waals surface area contributed by atoms with Crippen molar-refractivity contribution < 1.29 is 0 Å². The summed E-state index contributed by atoms with van der Waals surface area (Å²) in [6.45, 7) is 5.27. The van der Waals surface area contributed by atoms with Crippen LogP contribution in [0.4, 0.5) is 5.82 Å². The Kier molecular flexibility index (Phi) is 3.84. The van der Waals surface area contributed by atoms with Crippen molar-refractivity contribution in [1.29, 1.82) is 0 Å². The summed E-state index contributed by atoms with van der Waals surface area (Å²) >= 11 is 7.68. The third-order valence-electron chi connectivity index (χ3n) is 2.67. The highest BCUT2D eigenvalue weighted by atomic mass is 35.5. The van der Waals surface area contributed by atoms with Crippen molar-refractivity contribution in [2.45, 2.75) is 26.7 Å². The van der Waals surface area contributed by atoms with Gasteiger partial charge in [0, 0.05) is 18.5 Å². The molecule has 0 spiro atoms. The number of fused-ring (bicyclic) bond motifs is 1. The fraction of sp³-hybridized carbons (Fsp3) is 0.500. The van der Waals surface area contributed by atoms with Gasteiger partial charge in [-0.15, -0.1) is 11.3 Å². The van der Waals surface area contributed by atoms with Crippen molar-refractivity contribution in [3.63, 3.8) is 0 Å². The average Bonchev–Trinajstić information content (AvgIpc) is 2.70. The summed E-state index contributed by atoms with van der Waals surface area (Å²) in [5, 5.41) is 1.45. The molecule has 92 valence electrons. The molecule has 2 aromatic heterocycles. The van der Waals surface area contributed by atoms with E-state index in [0.717, 1.165) is 35.4 Å². The topological polar surface area (TPSA) is 29.0 Å². The van der Waals surface area contributed by atoms with Crippen molar-refractivity contribution in [2.75, 3.05) is 18.5 Å². The Balaban J connectivity index is 2.55. The van der Waals surface area contributed by atoms with Crippen molar-refractivity contribution in [2.24, 2.45) is 0 Å². The van der Waals surface area contributed by atoms with Gasteiger partial charge in [0.25, 0.3) is 0 Å². The van der Waals surface area contributed by atoms with Gasteiger partial charge in [0.05, 0.1) is 5.39 Å². The van der Waals surface area contributed by atoms with Gasteiger partial charge in [0.2, 0.25) is 5.28 Å². The zero-order valence-electron chi connectivity index (χ0n) is 10.3. The van der Waals surface area contributed by atoms with Gasteiger partial charge in [-0.25, -0.2) is 4.98 Å². The minimum absolute atomic E-state index is 0.333. The number of halogens is 1. The van der Waals surface area contributed by atoms with Crippen LogP contribution in [0.5, 0.6) is 0 Å². The summed E-state index contributed by atoms with van der Waals surface area (Å²) in [6, 6.07) is 2.18. The number of aromatic nitrogens is 2. The molecule has 0 bridgehead atoms. The van der Waals surface area contributed by atoms with E-state index in [0.29, 0.717) is 5.28 Å². The summed E-state index contributed by atoms with van der Waals surface area (Å²) in [5.74, 6) is 0.942. The quantitative estimate of drug-likeness (QED) is 0.792. The van der Waals surface area contributed by atoms with Gasteiger partial charge in [0.15, 0.2) is 0 Å². The number of nitrogens with zero attached hydrogens (tertiary/aromatic N) is 3. The van der Waals surface area contributed by atoms with E-state index in [9.17, 15) is 0 Å². The van der Waals surface area contributed by atoms with E-state index >= 15 is 0 Å². The lowest BCUT2D eigenvalue weighted by Crippen LogP contribution is -2.19. The lowest BCUT2D eigenvalue weighted by molar-refractivity contribution is 0.840. The maximum absolute atomic E-state index is 5.98. The molecule has 0 aliphatic carbocycles. The van der Waals surface area contributed by atoms with Gasteiger partial charge in [-0.1, -0.05) is 13.8 Å². The van der Waals surface area contributed by atoms with Crippen LogP contribution in [0.3, 0.4) is 0 Å². The summed E-state index contributed by atoms with van der Waals surface area (Å²) in [4.78, 5) is 13.1. The summed E-state index contributed by atoms with van der Waals surface area (Å²) in [6.07, 6.45) is 2.11. The molecule has 0 atom stereocenters. The molecule has 0 fully saturated rings. The third kappa shape index (κ3) is 2.53. The monoisotopic (exact) mass is 269 g/mol. The predicted octanol–water partition coefficient (Wildman–Crippen LogP) is 3.75. The third-order valence-corrected chi connectivity index (χ3v) is 4.01.